The number of hydrogen-bond acceptors (Lipinski definition) is 4. The van der Waals surface area contributed by atoms with Crippen molar-refractivity contribution in [3.63, 3.8) is 0 Å². The Morgan fingerprint density at radius 2 is 2.31 bits per heavy atom. The third kappa shape index (κ3) is 1.11. The standard InChI is InChI=1S/C11H8N2O3/c1-15-8-4-2-3-6-9(8)10-7(5-12-6)13-11(14)16-10/h2-5H,1H3,(H,13,14). The summed E-state index contributed by atoms with van der Waals surface area (Å²) in [6.07, 6.45) is 1.57. The summed E-state index contributed by atoms with van der Waals surface area (Å²) in [7, 11) is 1.57. The van der Waals surface area contributed by atoms with E-state index in [4.69, 9.17) is 9.15 Å². The fourth-order valence-corrected chi connectivity index (χ4v) is 1.78. The molecule has 0 saturated carbocycles. The summed E-state index contributed by atoms with van der Waals surface area (Å²) in [6.45, 7) is 0. The molecule has 0 aliphatic carbocycles. The first-order valence-electron chi connectivity index (χ1n) is 4.74. The largest absolute Gasteiger partial charge is 0.496 e. The molecule has 5 nitrogen and oxygen atoms in total. The van der Waals surface area contributed by atoms with Crippen LogP contribution in [0.25, 0.3) is 22.0 Å². The average molecular weight is 216 g/mol. The number of rotatable bonds is 1. The number of H-pyrrole nitrogens is 1. The molecule has 0 amide bonds. The molecule has 0 unspecified atom stereocenters. The monoisotopic (exact) mass is 216 g/mol. The molecule has 1 aromatic carbocycles. The van der Waals surface area contributed by atoms with Crippen molar-refractivity contribution in [3.05, 3.63) is 34.9 Å². The fourth-order valence-electron chi connectivity index (χ4n) is 1.78. The van der Waals surface area contributed by atoms with Gasteiger partial charge in [-0.1, -0.05) is 6.07 Å². The lowest BCUT2D eigenvalue weighted by molar-refractivity contribution is 0.419. The van der Waals surface area contributed by atoms with E-state index < -0.39 is 5.76 Å². The molecule has 5 heteroatoms. The van der Waals surface area contributed by atoms with Crippen LogP contribution in [0.4, 0.5) is 0 Å². The van der Waals surface area contributed by atoms with Gasteiger partial charge >= 0.3 is 5.76 Å². The van der Waals surface area contributed by atoms with Crippen LogP contribution in [0.5, 0.6) is 5.75 Å². The van der Waals surface area contributed by atoms with E-state index in [9.17, 15) is 4.79 Å². The van der Waals surface area contributed by atoms with Crippen molar-refractivity contribution < 1.29 is 9.15 Å². The lowest BCUT2D eigenvalue weighted by Crippen LogP contribution is -1.92. The van der Waals surface area contributed by atoms with Gasteiger partial charge in [-0.2, -0.15) is 0 Å². The molecule has 0 atom stereocenters. The minimum absolute atomic E-state index is 0.479. The van der Waals surface area contributed by atoms with E-state index in [0.717, 1.165) is 5.52 Å². The predicted molar refractivity (Wildman–Crippen MR) is 58.7 cm³/mol. The van der Waals surface area contributed by atoms with Crippen LogP contribution in [0.3, 0.4) is 0 Å². The third-order valence-electron chi connectivity index (χ3n) is 2.46. The minimum atomic E-state index is -0.491. The molecule has 0 aliphatic heterocycles. The second-order valence-electron chi connectivity index (χ2n) is 3.37. The molecule has 0 aliphatic rings. The van der Waals surface area contributed by atoms with Crippen LogP contribution in [0, 0.1) is 0 Å². The van der Waals surface area contributed by atoms with E-state index in [2.05, 4.69) is 9.97 Å². The van der Waals surface area contributed by atoms with Crippen molar-refractivity contribution in [2.75, 3.05) is 7.11 Å². The summed E-state index contributed by atoms with van der Waals surface area (Å²) in [4.78, 5) is 17.9. The van der Waals surface area contributed by atoms with E-state index in [0.29, 0.717) is 22.2 Å². The van der Waals surface area contributed by atoms with Gasteiger partial charge in [0, 0.05) is 0 Å². The molecule has 0 spiro atoms. The van der Waals surface area contributed by atoms with Crippen LogP contribution < -0.4 is 10.5 Å². The number of nitrogens with zero attached hydrogens (tertiary/aromatic N) is 1. The molecule has 80 valence electrons. The van der Waals surface area contributed by atoms with Gasteiger partial charge in [-0.15, -0.1) is 0 Å². The van der Waals surface area contributed by atoms with Crippen molar-refractivity contribution in [2.24, 2.45) is 0 Å². The van der Waals surface area contributed by atoms with Gasteiger partial charge in [-0.25, -0.2) is 4.79 Å². The van der Waals surface area contributed by atoms with Crippen molar-refractivity contribution in [1.82, 2.24) is 9.97 Å². The SMILES string of the molecule is COc1cccc2ncc3[nH]c(=O)oc3c12. The van der Waals surface area contributed by atoms with Crippen molar-refractivity contribution in [3.8, 4) is 5.75 Å². The fraction of sp³-hybridized carbons (Fsp3) is 0.0909. The van der Waals surface area contributed by atoms with Crippen LogP contribution in [0.15, 0.2) is 33.6 Å². The molecule has 3 rings (SSSR count). The molecule has 0 saturated heterocycles. The van der Waals surface area contributed by atoms with E-state index >= 15 is 0 Å². The summed E-state index contributed by atoms with van der Waals surface area (Å²) >= 11 is 0. The van der Waals surface area contributed by atoms with Gasteiger partial charge in [0.15, 0.2) is 5.58 Å². The van der Waals surface area contributed by atoms with Gasteiger partial charge in [-0.05, 0) is 12.1 Å². The van der Waals surface area contributed by atoms with E-state index in [1.807, 2.05) is 12.1 Å². The highest BCUT2D eigenvalue weighted by Gasteiger charge is 2.11. The maximum absolute atomic E-state index is 11.1. The second-order valence-corrected chi connectivity index (χ2v) is 3.37. The Morgan fingerprint density at radius 1 is 1.44 bits per heavy atom. The van der Waals surface area contributed by atoms with E-state index in [1.54, 1.807) is 19.4 Å². The predicted octanol–water partition coefficient (Wildman–Crippen LogP) is 1.68. The normalized spacial score (nSPS) is 11.1. The highest BCUT2D eigenvalue weighted by atomic mass is 16.5. The van der Waals surface area contributed by atoms with Crippen molar-refractivity contribution in [2.45, 2.75) is 0 Å². The molecular weight excluding hydrogens is 208 g/mol. The van der Waals surface area contributed by atoms with Crippen molar-refractivity contribution >= 4 is 22.0 Å². The van der Waals surface area contributed by atoms with Gasteiger partial charge in [0.1, 0.15) is 11.3 Å². The number of hydrogen-bond donors (Lipinski definition) is 1. The number of nitrogens with one attached hydrogen (secondary N) is 1. The lowest BCUT2D eigenvalue weighted by atomic mass is 10.2. The lowest BCUT2D eigenvalue weighted by Gasteiger charge is -2.03. The molecule has 1 N–H and O–H groups in total. The maximum atomic E-state index is 11.1. The Bertz CT molecular complexity index is 727. The van der Waals surface area contributed by atoms with Crippen LogP contribution >= 0.6 is 0 Å². The Morgan fingerprint density at radius 3 is 3.12 bits per heavy atom. The van der Waals surface area contributed by atoms with Gasteiger partial charge in [0.25, 0.3) is 0 Å². The van der Waals surface area contributed by atoms with E-state index in [1.165, 1.54) is 0 Å². The molecule has 2 aromatic heterocycles. The Kier molecular flexibility index (Phi) is 1.73. The average Bonchev–Trinajstić information content (AvgIpc) is 2.68. The van der Waals surface area contributed by atoms with Gasteiger partial charge in [-0.3, -0.25) is 9.97 Å². The minimum Gasteiger partial charge on any atom is -0.496 e. The number of pyridine rings is 1. The van der Waals surface area contributed by atoms with Crippen LogP contribution in [0.1, 0.15) is 0 Å². The molecule has 16 heavy (non-hydrogen) atoms. The topological polar surface area (TPSA) is 68.1 Å². The smallest absolute Gasteiger partial charge is 0.417 e. The summed E-state index contributed by atoms with van der Waals surface area (Å²) in [6, 6.07) is 5.48. The number of methoxy groups -OCH3 is 1. The Balaban J connectivity index is 2.61. The van der Waals surface area contributed by atoms with Crippen LogP contribution in [-0.2, 0) is 0 Å². The number of aromatic nitrogens is 2. The Labute approximate surface area is 89.7 Å². The molecule has 2 heterocycles. The zero-order valence-corrected chi connectivity index (χ0v) is 8.48. The third-order valence-corrected chi connectivity index (χ3v) is 2.46. The number of aromatic amines is 1. The molecule has 0 radical (unpaired) electrons. The quantitative estimate of drug-likeness (QED) is 0.671. The zero-order chi connectivity index (χ0) is 11.1. The van der Waals surface area contributed by atoms with Crippen LogP contribution in [0.2, 0.25) is 0 Å². The molecule has 3 aromatic rings. The van der Waals surface area contributed by atoms with Crippen LogP contribution in [-0.4, -0.2) is 17.1 Å². The highest BCUT2D eigenvalue weighted by molar-refractivity contribution is 6.04. The van der Waals surface area contributed by atoms with Gasteiger partial charge in [0.05, 0.1) is 24.2 Å². The zero-order valence-electron chi connectivity index (χ0n) is 8.48. The summed E-state index contributed by atoms with van der Waals surface area (Å²) in [5, 5.41) is 0.709. The van der Waals surface area contributed by atoms with Gasteiger partial charge < -0.3 is 9.15 Å². The number of ether oxygens (including phenoxy) is 1. The first kappa shape index (κ1) is 8.96. The first-order valence-corrected chi connectivity index (χ1v) is 4.74. The molecular formula is C11H8N2O3. The number of fused-ring (bicyclic) bond motifs is 3. The second kappa shape index (κ2) is 3.10. The van der Waals surface area contributed by atoms with E-state index in [-0.39, 0.29) is 0 Å². The molecule has 0 bridgehead atoms. The summed E-state index contributed by atoms with van der Waals surface area (Å²) < 4.78 is 10.3. The van der Waals surface area contributed by atoms with Gasteiger partial charge in [0.2, 0.25) is 0 Å². The highest BCUT2D eigenvalue weighted by Crippen LogP contribution is 2.29. The summed E-state index contributed by atoms with van der Waals surface area (Å²) in [5.41, 5.74) is 1.78. The Hall–Kier alpha value is -2.30. The number of benzene rings is 1. The first-order chi connectivity index (χ1) is 7.79. The maximum Gasteiger partial charge on any atom is 0.417 e. The molecule has 0 fully saturated rings. The van der Waals surface area contributed by atoms with Crippen molar-refractivity contribution in [1.29, 1.82) is 0 Å². The summed E-state index contributed by atoms with van der Waals surface area (Å²) in [5.74, 6) is 0.147. The number of oxazole rings is 1.